The van der Waals surface area contributed by atoms with E-state index in [1.165, 1.54) is 5.56 Å². The molecule has 0 fully saturated rings. The third kappa shape index (κ3) is 3.08. The van der Waals surface area contributed by atoms with Gasteiger partial charge in [-0.3, -0.25) is 4.68 Å². The standard InChI is InChI=1S/C15H21N3O/c1-5-19-15-9-7-6-8-14(15)16-11(2)13-10-18(4)17-12(13)3/h6-11,16H,5H2,1-4H3. The molecule has 2 rings (SSSR count). The number of benzene rings is 1. The summed E-state index contributed by atoms with van der Waals surface area (Å²) in [6.07, 6.45) is 2.05. The average molecular weight is 259 g/mol. The van der Waals surface area contributed by atoms with Gasteiger partial charge in [0.2, 0.25) is 0 Å². The Hall–Kier alpha value is -1.97. The predicted octanol–water partition coefficient (Wildman–Crippen LogP) is 3.30. The molecular weight excluding hydrogens is 238 g/mol. The van der Waals surface area contributed by atoms with Crippen molar-refractivity contribution in [2.75, 3.05) is 11.9 Å². The lowest BCUT2D eigenvalue weighted by Crippen LogP contribution is -2.08. The number of nitrogens with one attached hydrogen (secondary N) is 1. The molecule has 102 valence electrons. The maximum absolute atomic E-state index is 5.63. The van der Waals surface area contributed by atoms with Gasteiger partial charge in [-0.25, -0.2) is 0 Å². The largest absolute Gasteiger partial charge is 0.492 e. The van der Waals surface area contributed by atoms with Gasteiger partial charge in [0.1, 0.15) is 5.75 Å². The van der Waals surface area contributed by atoms with Gasteiger partial charge in [-0.15, -0.1) is 0 Å². The molecule has 1 N–H and O–H groups in total. The van der Waals surface area contributed by atoms with Crippen LogP contribution in [0.3, 0.4) is 0 Å². The quantitative estimate of drug-likeness (QED) is 0.895. The fourth-order valence-electron chi connectivity index (χ4n) is 2.22. The summed E-state index contributed by atoms with van der Waals surface area (Å²) < 4.78 is 7.47. The average Bonchev–Trinajstić information content (AvgIpc) is 2.71. The van der Waals surface area contributed by atoms with E-state index in [9.17, 15) is 0 Å². The Morgan fingerprint density at radius 3 is 2.74 bits per heavy atom. The van der Waals surface area contributed by atoms with Crippen molar-refractivity contribution in [2.24, 2.45) is 7.05 Å². The van der Waals surface area contributed by atoms with Crippen molar-refractivity contribution >= 4 is 5.69 Å². The minimum atomic E-state index is 0.190. The molecule has 1 atom stereocenters. The summed E-state index contributed by atoms with van der Waals surface area (Å²) in [7, 11) is 1.94. The molecular formula is C15H21N3O. The predicted molar refractivity (Wildman–Crippen MR) is 77.6 cm³/mol. The maximum atomic E-state index is 5.63. The van der Waals surface area contributed by atoms with E-state index in [2.05, 4.69) is 23.5 Å². The van der Waals surface area contributed by atoms with Crippen molar-refractivity contribution in [3.05, 3.63) is 41.7 Å². The van der Waals surface area contributed by atoms with Gasteiger partial charge in [0.15, 0.2) is 0 Å². The molecule has 0 saturated heterocycles. The van der Waals surface area contributed by atoms with Crippen LogP contribution in [0.5, 0.6) is 5.75 Å². The van der Waals surface area contributed by atoms with Gasteiger partial charge >= 0.3 is 0 Å². The molecule has 4 nitrogen and oxygen atoms in total. The molecule has 1 unspecified atom stereocenters. The number of hydrogen-bond donors (Lipinski definition) is 1. The third-order valence-corrected chi connectivity index (χ3v) is 3.08. The Balaban J connectivity index is 2.19. The first-order valence-electron chi connectivity index (χ1n) is 6.60. The minimum Gasteiger partial charge on any atom is -0.492 e. The lowest BCUT2D eigenvalue weighted by atomic mass is 10.1. The van der Waals surface area contributed by atoms with Crippen LogP contribution in [0.2, 0.25) is 0 Å². The van der Waals surface area contributed by atoms with Crippen molar-refractivity contribution in [1.82, 2.24) is 9.78 Å². The number of aryl methyl sites for hydroxylation is 2. The van der Waals surface area contributed by atoms with E-state index >= 15 is 0 Å². The molecule has 4 heteroatoms. The number of aromatic nitrogens is 2. The van der Waals surface area contributed by atoms with E-state index in [0.717, 1.165) is 17.1 Å². The molecule has 0 spiro atoms. The lowest BCUT2D eigenvalue weighted by Gasteiger charge is -2.17. The molecule has 0 amide bonds. The number of hydrogen-bond acceptors (Lipinski definition) is 3. The van der Waals surface area contributed by atoms with Gasteiger partial charge in [-0.1, -0.05) is 12.1 Å². The molecule has 0 radical (unpaired) electrons. The molecule has 19 heavy (non-hydrogen) atoms. The van der Waals surface area contributed by atoms with Gasteiger partial charge in [-0.05, 0) is 32.9 Å². The number of nitrogens with zero attached hydrogens (tertiary/aromatic N) is 2. The second kappa shape index (κ2) is 5.78. The lowest BCUT2D eigenvalue weighted by molar-refractivity contribution is 0.341. The Kier molecular flexibility index (Phi) is 4.10. The van der Waals surface area contributed by atoms with Crippen LogP contribution in [0.4, 0.5) is 5.69 Å². The van der Waals surface area contributed by atoms with Gasteiger partial charge in [-0.2, -0.15) is 5.10 Å². The van der Waals surface area contributed by atoms with Crippen molar-refractivity contribution in [1.29, 1.82) is 0 Å². The molecule has 0 aliphatic carbocycles. The zero-order valence-electron chi connectivity index (χ0n) is 12.0. The van der Waals surface area contributed by atoms with Crippen LogP contribution in [0, 0.1) is 6.92 Å². The van der Waals surface area contributed by atoms with Crippen molar-refractivity contribution < 1.29 is 4.74 Å². The van der Waals surface area contributed by atoms with Gasteiger partial charge < -0.3 is 10.1 Å². The number of anilines is 1. The first kappa shape index (κ1) is 13.5. The zero-order valence-corrected chi connectivity index (χ0v) is 12.0. The smallest absolute Gasteiger partial charge is 0.142 e. The van der Waals surface area contributed by atoms with Crippen LogP contribution in [-0.2, 0) is 7.05 Å². The zero-order chi connectivity index (χ0) is 13.8. The molecule has 0 aliphatic rings. The van der Waals surface area contributed by atoms with Gasteiger partial charge in [0.05, 0.1) is 24.0 Å². The van der Waals surface area contributed by atoms with Crippen molar-refractivity contribution in [3.63, 3.8) is 0 Å². The highest BCUT2D eigenvalue weighted by molar-refractivity contribution is 5.57. The van der Waals surface area contributed by atoms with Crippen LogP contribution >= 0.6 is 0 Å². The first-order valence-corrected chi connectivity index (χ1v) is 6.60. The highest BCUT2D eigenvalue weighted by Crippen LogP contribution is 2.28. The molecule has 0 bridgehead atoms. The molecule has 0 saturated carbocycles. The summed E-state index contributed by atoms with van der Waals surface area (Å²) in [5.74, 6) is 0.887. The van der Waals surface area contributed by atoms with Crippen LogP contribution < -0.4 is 10.1 Å². The van der Waals surface area contributed by atoms with E-state index in [1.807, 2.05) is 49.8 Å². The van der Waals surface area contributed by atoms with E-state index in [4.69, 9.17) is 4.74 Å². The van der Waals surface area contributed by atoms with Crippen LogP contribution in [0.15, 0.2) is 30.5 Å². The van der Waals surface area contributed by atoms with Crippen LogP contribution in [0.25, 0.3) is 0 Å². The third-order valence-electron chi connectivity index (χ3n) is 3.08. The second-order valence-electron chi connectivity index (χ2n) is 4.64. The fourth-order valence-corrected chi connectivity index (χ4v) is 2.22. The van der Waals surface area contributed by atoms with Crippen molar-refractivity contribution in [3.8, 4) is 5.75 Å². The normalized spacial score (nSPS) is 12.2. The maximum Gasteiger partial charge on any atom is 0.142 e. The number of para-hydroxylation sites is 2. The van der Waals surface area contributed by atoms with Crippen LogP contribution in [-0.4, -0.2) is 16.4 Å². The number of ether oxygens (including phenoxy) is 1. The van der Waals surface area contributed by atoms with Gasteiger partial charge in [0.25, 0.3) is 0 Å². The molecule has 0 aliphatic heterocycles. The monoisotopic (exact) mass is 259 g/mol. The van der Waals surface area contributed by atoms with Crippen molar-refractivity contribution in [2.45, 2.75) is 26.8 Å². The Labute approximate surface area is 114 Å². The number of rotatable bonds is 5. The Morgan fingerprint density at radius 1 is 1.37 bits per heavy atom. The summed E-state index contributed by atoms with van der Waals surface area (Å²) >= 11 is 0. The summed E-state index contributed by atoms with van der Waals surface area (Å²) in [5.41, 5.74) is 3.27. The molecule has 1 heterocycles. The van der Waals surface area contributed by atoms with Crippen LogP contribution in [0.1, 0.15) is 31.1 Å². The fraction of sp³-hybridized carbons (Fsp3) is 0.400. The SMILES string of the molecule is CCOc1ccccc1NC(C)c1cn(C)nc1C. The Bertz CT molecular complexity index is 548. The molecule has 1 aromatic carbocycles. The summed E-state index contributed by atoms with van der Waals surface area (Å²) in [6, 6.07) is 8.20. The van der Waals surface area contributed by atoms with Gasteiger partial charge in [0, 0.05) is 18.8 Å². The van der Waals surface area contributed by atoms with E-state index in [1.54, 1.807) is 0 Å². The minimum absolute atomic E-state index is 0.190. The summed E-state index contributed by atoms with van der Waals surface area (Å²) in [6.45, 7) is 6.82. The molecule has 2 aromatic rings. The highest BCUT2D eigenvalue weighted by Gasteiger charge is 2.13. The van der Waals surface area contributed by atoms with E-state index in [-0.39, 0.29) is 6.04 Å². The molecule has 1 aromatic heterocycles. The first-order chi connectivity index (χ1) is 9.11. The Morgan fingerprint density at radius 2 is 2.11 bits per heavy atom. The summed E-state index contributed by atoms with van der Waals surface area (Å²) in [4.78, 5) is 0. The highest BCUT2D eigenvalue weighted by atomic mass is 16.5. The topological polar surface area (TPSA) is 39.1 Å². The summed E-state index contributed by atoms with van der Waals surface area (Å²) in [5, 5.41) is 7.87. The van der Waals surface area contributed by atoms with E-state index < -0.39 is 0 Å². The van der Waals surface area contributed by atoms with E-state index in [0.29, 0.717) is 6.61 Å². The second-order valence-corrected chi connectivity index (χ2v) is 4.64.